The highest BCUT2D eigenvalue weighted by molar-refractivity contribution is 6.30. The van der Waals surface area contributed by atoms with Gasteiger partial charge in [0.25, 0.3) is 5.78 Å². The Morgan fingerprint density at radius 2 is 2.19 bits per heavy atom. The molecule has 1 aliphatic rings. The van der Waals surface area contributed by atoms with Gasteiger partial charge in [0.15, 0.2) is 0 Å². The normalized spacial score (nSPS) is 20.0. The van der Waals surface area contributed by atoms with Gasteiger partial charge in [-0.3, -0.25) is 0 Å². The van der Waals surface area contributed by atoms with E-state index in [1.165, 1.54) is 32.1 Å². The van der Waals surface area contributed by atoms with Crippen molar-refractivity contribution >= 4 is 23.2 Å². The van der Waals surface area contributed by atoms with Crippen LogP contribution >= 0.6 is 11.6 Å². The third-order valence-electron chi connectivity index (χ3n) is 4.42. The Bertz CT molecular complexity index is 624. The van der Waals surface area contributed by atoms with Crippen LogP contribution in [0.3, 0.4) is 0 Å². The molecule has 6 heteroatoms. The quantitative estimate of drug-likeness (QED) is 0.814. The topological polar surface area (TPSA) is 46.3 Å². The van der Waals surface area contributed by atoms with Gasteiger partial charge < -0.3 is 4.90 Å². The van der Waals surface area contributed by atoms with Gasteiger partial charge in [0.05, 0.1) is 0 Å². The highest BCUT2D eigenvalue weighted by Gasteiger charge is 2.22. The first-order valence-corrected chi connectivity index (χ1v) is 8.19. The summed E-state index contributed by atoms with van der Waals surface area (Å²) in [5.41, 5.74) is 0.989. The van der Waals surface area contributed by atoms with Crippen LogP contribution in [0.1, 0.15) is 44.6 Å². The van der Waals surface area contributed by atoms with Crippen LogP contribution in [0, 0.1) is 12.8 Å². The largest absolute Gasteiger partial charge is 0.356 e. The number of fused-ring (bicyclic) bond motifs is 1. The van der Waals surface area contributed by atoms with Gasteiger partial charge in [-0.05, 0) is 32.1 Å². The molecule has 0 saturated carbocycles. The number of anilines is 1. The maximum Gasteiger partial charge on any atom is 0.255 e. The van der Waals surface area contributed by atoms with Crippen LogP contribution in [0.2, 0.25) is 5.15 Å². The summed E-state index contributed by atoms with van der Waals surface area (Å²) in [6.07, 6.45) is 7.94. The lowest BCUT2D eigenvalue weighted by Crippen LogP contribution is -2.28. The minimum Gasteiger partial charge on any atom is -0.356 e. The number of hydrogen-bond donors (Lipinski definition) is 0. The van der Waals surface area contributed by atoms with Crippen LogP contribution in [0.15, 0.2) is 6.33 Å². The van der Waals surface area contributed by atoms with E-state index in [4.69, 9.17) is 11.6 Å². The van der Waals surface area contributed by atoms with Crippen LogP contribution in [0.25, 0.3) is 5.78 Å². The van der Waals surface area contributed by atoms with E-state index < -0.39 is 0 Å². The van der Waals surface area contributed by atoms with E-state index in [9.17, 15) is 0 Å². The van der Waals surface area contributed by atoms with Crippen molar-refractivity contribution in [2.24, 2.45) is 5.92 Å². The predicted octanol–water partition coefficient (Wildman–Crippen LogP) is 3.49. The summed E-state index contributed by atoms with van der Waals surface area (Å²) in [5.74, 6) is 2.48. The Morgan fingerprint density at radius 1 is 1.33 bits per heavy atom. The Morgan fingerprint density at radius 3 is 3.00 bits per heavy atom. The number of aromatic nitrogens is 4. The van der Waals surface area contributed by atoms with Crippen LogP contribution in [0.4, 0.5) is 5.82 Å². The summed E-state index contributed by atoms with van der Waals surface area (Å²) in [4.78, 5) is 10.9. The maximum atomic E-state index is 6.27. The van der Waals surface area contributed by atoms with Crippen LogP contribution in [-0.2, 0) is 0 Å². The fourth-order valence-corrected chi connectivity index (χ4v) is 3.49. The summed E-state index contributed by atoms with van der Waals surface area (Å²) in [7, 11) is 0. The van der Waals surface area contributed by atoms with Crippen LogP contribution in [0.5, 0.6) is 0 Å². The fraction of sp³-hybridized carbons (Fsp3) is 0.667. The maximum absolute atomic E-state index is 6.27. The Kier molecular flexibility index (Phi) is 4.29. The lowest BCUT2D eigenvalue weighted by molar-refractivity contribution is 0.435. The molecule has 114 valence electrons. The van der Waals surface area contributed by atoms with Gasteiger partial charge in [0.2, 0.25) is 0 Å². The molecule has 5 nitrogen and oxygen atoms in total. The molecule has 1 saturated heterocycles. The molecule has 0 aromatic carbocycles. The van der Waals surface area contributed by atoms with Gasteiger partial charge in [0.1, 0.15) is 17.3 Å². The van der Waals surface area contributed by atoms with Gasteiger partial charge in [-0.15, -0.1) is 0 Å². The van der Waals surface area contributed by atoms with Crippen molar-refractivity contribution in [3.05, 3.63) is 17.0 Å². The number of nitrogens with zero attached hydrogens (tertiary/aromatic N) is 5. The van der Waals surface area contributed by atoms with Crippen LogP contribution < -0.4 is 4.90 Å². The number of rotatable bonds is 3. The van der Waals surface area contributed by atoms with Crippen molar-refractivity contribution in [1.82, 2.24) is 19.6 Å². The molecule has 3 rings (SSSR count). The summed E-state index contributed by atoms with van der Waals surface area (Å²) in [6, 6.07) is 0. The lowest BCUT2D eigenvalue weighted by Gasteiger charge is -2.25. The van der Waals surface area contributed by atoms with Gasteiger partial charge in [-0.2, -0.15) is 19.6 Å². The predicted molar refractivity (Wildman–Crippen MR) is 85.0 cm³/mol. The van der Waals surface area contributed by atoms with Gasteiger partial charge in [-0.1, -0.05) is 31.4 Å². The molecule has 1 atom stereocenters. The van der Waals surface area contributed by atoms with Crippen molar-refractivity contribution in [2.75, 3.05) is 18.0 Å². The van der Waals surface area contributed by atoms with Crippen molar-refractivity contribution in [3.63, 3.8) is 0 Å². The van der Waals surface area contributed by atoms with E-state index in [0.29, 0.717) is 10.9 Å². The van der Waals surface area contributed by atoms with Crippen molar-refractivity contribution < 1.29 is 0 Å². The Labute approximate surface area is 130 Å². The molecule has 2 aromatic rings. The molecule has 0 bridgehead atoms. The van der Waals surface area contributed by atoms with E-state index in [1.807, 2.05) is 11.4 Å². The van der Waals surface area contributed by atoms with E-state index in [0.717, 1.165) is 30.4 Å². The monoisotopic (exact) mass is 307 g/mol. The van der Waals surface area contributed by atoms with Crippen molar-refractivity contribution in [2.45, 2.75) is 46.0 Å². The molecule has 0 aliphatic carbocycles. The molecule has 1 fully saturated rings. The second-order valence-electron chi connectivity index (χ2n) is 5.90. The first-order valence-electron chi connectivity index (χ1n) is 7.81. The van der Waals surface area contributed by atoms with Crippen molar-refractivity contribution in [3.8, 4) is 0 Å². The molecular weight excluding hydrogens is 286 g/mol. The average Bonchev–Trinajstić information content (AvgIpc) is 2.79. The Balaban J connectivity index is 1.93. The smallest absolute Gasteiger partial charge is 0.255 e. The fourth-order valence-electron chi connectivity index (χ4n) is 3.33. The highest BCUT2D eigenvalue weighted by atomic mass is 35.5. The standard InChI is InChI=1S/C15H22ClN5/c1-3-5-12-6-4-8-20(9-7-12)14-11(2)13(16)19-15-17-10-18-21(14)15/h10,12H,3-9H2,1-2H3. The zero-order chi connectivity index (χ0) is 14.8. The minimum absolute atomic E-state index is 0.528. The van der Waals surface area contributed by atoms with Gasteiger partial charge in [0, 0.05) is 18.7 Å². The second kappa shape index (κ2) is 6.18. The highest BCUT2D eigenvalue weighted by Crippen LogP contribution is 2.29. The summed E-state index contributed by atoms with van der Waals surface area (Å²) < 4.78 is 1.82. The third-order valence-corrected chi connectivity index (χ3v) is 4.79. The number of hydrogen-bond acceptors (Lipinski definition) is 4. The van der Waals surface area contributed by atoms with E-state index in [2.05, 4.69) is 26.9 Å². The molecule has 21 heavy (non-hydrogen) atoms. The third kappa shape index (κ3) is 2.84. The molecule has 0 amide bonds. The lowest BCUT2D eigenvalue weighted by atomic mass is 9.96. The molecule has 0 N–H and O–H groups in total. The average molecular weight is 308 g/mol. The molecule has 0 spiro atoms. The first-order chi connectivity index (χ1) is 10.2. The molecule has 1 aliphatic heterocycles. The zero-order valence-corrected chi connectivity index (χ0v) is 13.5. The van der Waals surface area contributed by atoms with E-state index >= 15 is 0 Å². The molecule has 2 aromatic heterocycles. The van der Waals surface area contributed by atoms with E-state index in [-0.39, 0.29) is 0 Å². The van der Waals surface area contributed by atoms with Gasteiger partial charge >= 0.3 is 0 Å². The van der Waals surface area contributed by atoms with Gasteiger partial charge in [-0.25, -0.2) is 0 Å². The Hall–Kier alpha value is -1.36. The SMILES string of the molecule is CCCC1CCCN(c2c(C)c(Cl)nc3ncnn23)CC1. The summed E-state index contributed by atoms with van der Waals surface area (Å²) in [5, 5.41) is 4.85. The minimum atomic E-state index is 0.528. The van der Waals surface area contributed by atoms with Crippen molar-refractivity contribution in [1.29, 1.82) is 0 Å². The summed E-state index contributed by atoms with van der Waals surface area (Å²) >= 11 is 6.27. The molecule has 1 unspecified atom stereocenters. The molecular formula is C15H22ClN5. The molecule has 3 heterocycles. The second-order valence-corrected chi connectivity index (χ2v) is 6.25. The van der Waals surface area contributed by atoms with Crippen LogP contribution in [-0.4, -0.2) is 32.7 Å². The summed E-state index contributed by atoms with van der Waals surface area (Å²) in [6.45, 7) is 6.39. The molecule has 0 radical (unpaired) electrons. The number of halogens is 1. The first kappa shape index (κ1) is 14.6. The van der Waals surface area contributed by atoms with E-state index in [1.54, 1.807) is 6.33 Å². The zero-order valence-electron chi connectivity index (χ0n) is 12.7.